The van der Waals surface area contributed by atoms with Gasteiger partial charge in [-0.1, -0.05) is 6.07 Å². The van der Waals surface area contributed by atoms with E-state index in [2.05, 4.69) is 25.9 Å². The van der Waals surface area contributed by atoms with E-state index in [1.807, 2.05) is 0 Å². The molecule has 2 amide bonds. The number of halogens is 3. The third-order valence-electron chi connectivity index (χ3n) is 4.56. The van der Waals surface area contributed by atoms with Crippen LogP contribution in [0.5, 0.6) is 17.4 Å². The van der Waals surface area contributed by atoms with Crippen molar-refractivity contribution in [3.8, 4) is 17.4 Å². The lowest BCUT2D eigenvalue weighted by Crippen LogP contribution is -2.19. The van der Waals surface area contributed by atoms with Crippen LogP contribution in [0.15, 0.2) is 85.2 Å². The van der Waals surface area contributed by atoms with E-state index in [1.54, 1.807) is 42.5 Å². The van der Waals surface area contributed by atoms with Crippen LogP contribution in [0, 0.1) is 0 Å². The molecular formula is C24H18F3N5O3. The minimum absolute atomic E-state index is 0.0118. The van der Waals surface area contributed by atoms with E-state index >= 15 is 0 Å². The van der Waals surface area contributed by atoms with Crippen LogP contribution in [0.1, 0.15) is 5.56 Å². The largest absolute Gasteiger partial charge is 0.508 e. The molecule has 0 saturated carbocycles. The predicted molar refractivity (Wildman–Crippen MR) is 124 cm³/mol. The average Bonchev–Trinajstić information content (AvgIpc) is 2.82. The Morgan fingerprint density at radius 1 is 0.829 bits per heavy atom. The first kappa shape index (κ1) is 23.4. The molecule has 0 unspecified atom stereocenters. The van der Waals surface area contributed by atoms with Crippen molar-refractivity contribution < 1.29 is 27.8 Å². The van der Waals surface area contributed by atoms with Crippen molar-refractivity contribution in [3.05, 3.63) is 90.8 Å². The summed E-state index contributed by atoms with van der Waals surface area (Å²) in [5.41, 5.74) is 0.270. The highest BCUT2D eigenvalue weighted by atomic mass is 19.4. The van der Waals surface area contributed by atoms with Crippen molar-refractivity contribution in [1.29, 1.82) is 0 Å². The molecule has 3 aromatic carbocycles. The van der Waals surface area contributed by atoms with Gasteiger partial charge in [0.1, 0.15) is 23.6 Å². The van der Waals surface area contributed by atoms with Crippen molar-refractivity contribution in [1.82, 2.24) is 9.97 Å². The van der Waals surface area contributed by atoms with Gasteiger partial charge in [0.05, 0.1) is 5.56 Å². The summed E-state index contributed by atoms with van der Waals surface area (Å²) in [5.74, 6) is 1.32. The number of nitrogens with zero attached hydrogens (tertiary/aromatic N) is 2. The van der Waals surface area contributed by atoms with Gasteiger partial charge in [-0.15, -0.1) is 0 Å². The third kappa shape index (κ3) is 6.60. The number of hydrogen-bond acceptors (Lipinski definition) is 6. The normalized spacial score (nSPS) is 10.9. The van der Waals surface area contributed by atoms with Crippen molar-refractivity contribution in [2.24, 2.45) is 0 Å². The highest BCUT2D eigenvalue weighted by Crippen LogP contribution is 2.31. The number of hydrogen-bond donors (Lipinski definition) is 4. The van der Waals surface area contributed by atoms with Crippen LogP contribution < -0.4 is 20.7 Å². The summed E-state index contributed by atoms with van der Waals surface area (Å²) in [4.78, 5) is 20.3. The number of rotatable bonds is 6. The second-order valence-corrected chi connectivity index (χ2v) is 7.20. The summed E-state index contributed by atoms with van der Waals surface area (Å²) in [6.07, 6.45) is -3.18. The summed E-state index contributed by atoms with van der Waals surface area (Å²) >= 11 is 0. The van der Waals surface area contributed by atoms with Gasteiger partial charge < -0.3 is 25.8 Å². The van der Waals surface area contributed by atoms with Gasteiger partial charge in [-0.05, 0) is 66.7 Å². The summed E-state index contributed by atoms with van der Waals surface area (Å²) in [6, 6.07) is 18.0. The lowest BCUT2D eigenvalue weighted by Gasteiger charge is -2.11. The van der Waals surface area contributed by atoms with Crippen molar-refractivity contribution in [2.75, 3.05) is 16.0 Å². The van der Waals surface area contributed by atoms with Gasteiger partial charge in [-0.25, -0.2) is 14.8 Å². The molecule has 1 aromatic heterocycles. The summed E-state index contributed by atoms with van der Waals surface area (Å²) in [7, 11) is 0. The topological polar surface area (TPSA) is 108 Å². The van der Waals surface area contributed by atoms with E-state index in [9.17, 15) is 23.1 Å². The maximum absolute atomic E-state index is 12.8. The summed E-state index contributed by atoms with van der Waals surface area (Å²) in [6.45, 7) is 0. The molecule has 0 aliphatic rings. The molecular weight excluding hydrogens is 463 g/mol. The number of ether oxygens (including phenoxy) is 1. The Kier molecular flexibility index (Phi) is 6.67. The van der Waals surface area contributed by atoms with E-state index in [1.165, 1.54) is 30.6 Å². The molecule has 178 valence electrons. The first-order valence-electron chi connectivity index (χ1n) is 10.2. The van der Waals surface area contributed by atoms with Gasteiger partial charge >= 0.3 is 12.2 Å². The second-order valence-electron chi connectivity index (χ2n) is 7.20. The SMILES string of the molecule is O=C(Nc1ccc(Oc2cc(Nc3ccc(O)cc3)ncn2)cc1)Nc1cccc(C(F)(F)F)c1. The number of anilines is 4. The number of aromatic hydroxyl groups is 1. The van der Waals surface area contributed by atoms with E-state index in [4.69, 9.17) is 4.74 Å². The highest BCUT2D eigenvalue weighted by molar-refractivity contribution is 5.99. The van der Waals surface area contributed by atoms with Gasteiger partial charge in [0.2, 0.25) is 5.88 Å². The van der Waals surface area contributed by atoms with Crippen LogP contribution in [0.25, 0.3) is 0 Å². The number of benzene rings is 3. The van der Waals surface area contributed by atoms with E-state index in [0.717, 1.165) is 12.1 Å². The number of alkyl halides is 3. The minimum Gasteiger partial charge on any atom is -0.508 e. The smallest absolute Gasteiger partial charge is 0.416 e. The number of carbonyl (C=O) groups is 1. The monoisotopic (exact) mass is 481 g/mol. The zero-order valence-corrected chi connectivity index (χ0v) is 17.9. The number of phenols is 1. The Morgan fingerprint density at radius 3 is 2.23 bits per heavy atom. The maximum atomic E-state index is 12.8. The van der Waals surface area contributed by atoms with Gasteiger partial charge in [0, 0.05) is 23.1 Å². The van der Waals surface area contributed by atoms with Crippen molar-refractivity contribution in [3.63, 3.8) is 0 Å². The Bertz CT molecular complexity index is 1310. The second kappa shape index (κ2) is 10.00. The molecule has 11 heteroatoms. The molecule has 4 N–H and O–H groups in total. The first-order valence-corrected chi connectivity index (χ1v) is 10.2. The van der Waals surface area contributed by atoms with Crippen molar-refractivity contribution >= 4 is 28.9 Å². The molecule has 4 aromatic rings. The van der Waals surface area contributed by atoms with E-state index < -0.39 is 17.8 Å². The number of carbonyl (C=O) groups excluding carboxylic acids is 1. The Hall–Kier alpha value is -4.80. The first-order chi connectivity index (χ1) is 16.7. The standard InChI is InChI=1S/C24H18F3N5O3/c25-24(26,27)15-2-1-3-18(12-15)32-23(34)31-17-6-10-20(11-7-17)35-22-13-21(28-14-29-22)30-16-4-8-19(33)9-5-16/h1-14,33H,(H,28,29,30)(H2,31,32,34). The number of aromatic nitrogens is 2. The number of amides is 2. The Labute approximate surface area is 197 Å². The quantitative estimate of drug-likeness (QED) is 0.238. The zero-order valence-electron chi connectivity index (χ0n) is 17.9. The molecule has 4 rings (SSSR count). The van der Waals surface area contributed by atoms with Crippen LogP contribution in [0.2, 0.25) is 0 Å². The van der Waals surface area contributed by atoms with E-state index in [-0.39, 0.29) is 17.3 Å². The fourth-order valence-electron chi connectivity index (χ4n) is 2.95. The van der Waals surface area contributed by atoms with Gasteiger partial charge in [0.15, 0.2) is 0 Å². The zero-order chi connectivity index (χ0) is 24.8. The molecule has 0 saturated heterocycles. The highest BCUT2D eigenvalue weighted by Gasteiger charge is 2.30. The van der Waals surface area contributed by atoms with Gasteiger partial charge in [0.25, 0.3) is 0 Å². The average molecular weight is 481 g/mol. The molecule has 0 bridgehead atoms. The van der Waals surface area contributed by atoms with Crippen LogP contribution in [-0.4, -0.2) is 21.1 Å². The van der Waals surface area contributed by atoms with Gasteiger partial charge in [-0.2, -0.15) is 13.2 Å². The molecule has 8 nitrogen and oxygen atoms in total. The Balaban J connectivity index is 1.34. The lowest BCUT2D eigenvalue weighted by atomic mass is 10.2. The van der Waals surface area contributed by atoms with Crippen LogP contribution >= 0.6 is 0 Å². The predicted octanol–water partition coefficient (Wildman–Crippen LogP) is 6.38. The number of phenolic OH excluding ortho intramolecular Hbond substituents is 1. The third-order valence-corrected chi connectivity index (χ3v) is 4.56. The molecule has 0 fully saturated rings. The molecule has 0 spiro atoms. The fraction of sp³-hybridized carbons (Fsp3) is 0.0417. The molecule has 0 radical (unpaired) electrons. The molecule has 0 atom stereocenters. The maximum Gasteiger partial charge on any atom is 0.416 e. The number of nitrogens with one attached hydrogen (secondary N) is 3. The summed E-state index contributed by atoms with van der Waals surface area (Å²) < 4.78 is 44.2. The van der Waals surface area contributed by atoms with Crippen LogP contribution in [0.3, 0.4) is 0 Å². The fourth-order valence-corrected chi connectivity index (χ4v) is 2.95. The minimum atomic E-state index is -4.50. The summed E-state index contributed by atoms with van der Waals surface area (Å²) in [5, 5.41) is 17.3. The Morgan fingerprint density at radius 2 is 1.51 bits per heavy atom. The van der Waals surface area contributed by atoms with Crippen molar-refractivity contribution in [2.45, 2.75) is 6.18 Å². The van der Waals surface area contributed by atoms with Crippen LogP contribution in [0.4, 0.5) is 40.8 Å². The molecule has 0 aliphatic heterocycles. The van der Waals surface area contributed by atoms with Crippen LogP contribution in [-0.2, 0) is 6.18 Å². The molecule has 35 heavy (non-hydrogen) atoms. The number of urea groups is 1. The lowest BCUT2D eigenvalue weighted by molar-refractivity contribution is -0.137. The molecule has 1 heterocycles. The van der Waals surface area contributed by atoms with Gasteiger partial charge in [-0.3, -0.25) is 0 Å². The molecule has 0 aliphatic carbocycles. The van der Waals surface area contributed by atoms with E-state index in [0.29, 0.717) is 22.9 Å².